The molecule has 0 radical (unpaired) electrons. The largest absolute Gasteiger partial charge is 0.457 e. The quantitative estimate of drug-likeness (QED) is 0.639. The molecule has 0 aliphatic rings. The average Bonchev–Trinajstić information content (AvgIpc) is 2.36. The van der Waals surface area contributed by atoms with Crippen LogP contribution in [0.15, 0.2) is 40.9 Å². The monoisotopic (exact) mass is 338 g/mol. The number of nitrogen functional groups attached to an aromatic ring is 1. The van der Waals surface area contributed by atoms with Gasteiger partial charge in [0.1, 0.15) is 17.3 Å². The fraction of sp³-hybridized carbons (Fsp3) is 0.0714. The number of nitrogens with one attached hydrogen (secondary N) is 1. The van der Waals surface area contributed by atoms with Crippen LogP contribution in [0.2, 0.25) is 5.02 Å². The Labute approximate surface area is 125 Å². The zero-order valence-electron chi connectivity index (χ0n) is 10.2. The van der Waals surface area contributed by atoms with Crippen LogP contribution in [0.5, 0.6) is 11.5 Å². The van der Waals surface area contributed by atoms with Crippen molar-refractivity contribution in [1.29, 1.82) is 5.41 Å². The van der Waals surface area contributed by atoms with Crippen molar-refractivity contribution in [1.82, 2.24) is 0 Å². The molecule has 19 heavy (non-hydrogen) atoms. The number of ether oxygens (including phenoxy) is 1. The minimum Gasteiger partial charge on any atom is -0.457 e. The van der Waals surface area contributed by atoms with E-state index in [0.29, 0.717) is 22.1 Å². The van der Waals surface area contributed by atoms with Gasteiger partial charge >= 0.3 is 0 Å². The summed E-state index contributed by atoms with van der Waals surface area (Å²) in [5.41, 5.74) is 7.07. The summed E-state index contributed by atoms with van der Waals surface area (Å²) in [7, 11) is 0. The van der Waals surface area contributed by atoms with Crippen LogP contribution in [0.4, 0.5) is 0 Å². The van der Waals surface area contributed by atoms with Gasteiger partial charge in [-0.15, -0.1) is 0 Å². The first-order chi connectivity index (χ1) is 8.97. The van der Waals surface area contributed by atoms with E-state index in [9.17, 15) is 0 Å². The predicted octanol–water partition coefficient (Wildman–Crippen LogP) is 4.49. The van der Waals surface area contributed by atoms with Crippen molar-refractivity contribution >= 4 is 33.4 Å². The Hall–Kier alpha value is -1.52. The molecular formula is C14H12BrClN2O. The van der Waals surface area contributed by atoms with E-state index >= 15 is 0 Å². The topological polar surface area (TPSA) is 59.1 Å². The summed E-state index contributed by atoms with van der Waals surface area (Å²) in [5.74, 6) is 1.12. The van der Waals surface area contributed by atoms with Crippen LogP contribution in [0.1, 0.15) is 11.1 Å². The smallest absolute Gasteiger partial charge is 0.138 e. The molecule has 0 saturated carbocycles. The molecule has 0 atom stereocenters. The maximum absolute atomic E-state index is 7.55. The van der Waals surface area contributed by atoms with Crippen molar-refractivity contribution in [2.75, 3.05) is 0 Å². The van der Waals surface area contributed by atoms with E-state index in [2.05, 4.69) is 15.9 Å². The van der Waals surface area contributed by atoms with Crippen molar-refractivity contribution in [3.8, 4) is 11.5 Å². The van der Waals surface area contributed by atoms with Gasteiger partial charge in [-0.25, -0.2) is 0 Å². The maximum Gasteiger partial charge on any atom is 0.138 e. The Balaban J connectivity index is 2.37. The highest BCUT2D eigenvalue weighted by atomic mass is 79.9. The number of benzene rings is 2. The molecule has 0 heterocycles. The number of hydrogen-bond acceptors (Lipinski definition) is 2. The molecule has 2 aromatic rings. The molecule has 98 valence electrons. The first kappa shape index (κ1) is 13.9. The lowest BCUT2D eigenvalue weighted by Crippen LogP contribution is -2.12. The first-order valence-corrected chi connectivity index (χ1v) is 6.72. The molecule has 0 bridgehead atoms. The van der Waals surface area contributed by atoms with Gasteiger partial charge in [0.05, 0.1) is 5.56 Å². The SMILES string of the molecule is Cc1cc(Oc2ccc(Cl)cc2C(=N)N)ccc1Br. The van der Waals surface area contributed by atoms with E-state index in [1.165, 1.54) is 0 Å². The summed E-state index contributed by atoms with van der Waals surface area (Å²) in [6, 6.07) is 10.7. The number of amidine groups is 1. The first-order valence-electron chi connectivity index (χ1n) is 5.55. The normalized spacial score (nSPS) is 10.3. The van der Waals surface area contributed by atoms with Gasteiger partial charge in [0, 0.05) is 9.50 Å². The summed E-state index contributed by atoms with van der Waals surface area (Å²) in [5, 5.41) is 8.06. The van der Waals surface area contributed by atoms with Gasteiger partial charge in [0.2, 0.25) is 0 Å². The summed E-state index contributed by atoms with van der Waals surface area (Å²) in [6.07, 6.45) is 0. The summed E-state index contributed by atoms with van der Waals surface area (Å²) < 4.78 is 6.78. The van der Waals surface area contributed by atoms with Crippen molar-refractivity contribution in [2.45, 2.75) is 6.92 Å². The zero-order chi connectivity index (χ0) is 14.0. The van der Waals surface area contributed by atoms with Gasteiger partial charge in [0.15, 0.2) is 0 Å². The molecular weight excluding hydrogens is 328 g/mol. The van der Waals surface area contributed by atoms with Gasteiger partial charge in [-0.2, -0.15) is 0 Å². The Bertz CT molecular complexity index is 643. The third-order valence-corrected chi connectivity index (χ3v) is 3.71. The Kier molecular flexibility index (Phi) is 4.12. The second-order valence-corrected chi connectivity index (χ2v) is 5.36. The van der Waals surface area contributed by atoms with Crippen LogP contribution in [0.25, 0.3) is 0 Å². The molecule has 0 spiro atoms. The highest BCUT2D eigenvalue weighted by Crippen LogP contribution is 2.29. The van der Waals surface area contributed by atoms with E-state index < -0.39 is 0 Å². The second kappa shape index (κ2) is 5.63. The third kappa shape index (κ3) is 3.28. The van der Waals surface area contributed by atoms with Gasteiger partial charge < -0.3 is 10.5 Å². The number of aryl methyl sites for hydroxylation is 1. The molecule has 0 amide bonds. The highest BCUT2D eigenvalue weighted by Gasteiger charge is 2.09. The lowest BCUT2D eigenvalue weighted by molar-refractivity contribution is 0.481. The fourth-order valence-corrected chi connectivity index (χ4v) is 2.03. The number of rotatable bonds is 3. The van der Waals surface area contributed by atoms with Gasteiger partial charge in [-0.3, -0.25) is 5.41 Å². The van der Waals surface area contributed by atoms with Gasteiger partial charge in [-0.05, 0) is 48.9 Å². The van der Waals surface area contributed by atoms with Crippen molar-refractivity contribution in [3.05, 3.63) is 57.0 Å². The van der Waals surface area contributed by atoms with E-state index in [0.717, 1.165) is 10.0 Å². The Morgan fingerprint density at radius 1 is 1.26 bits per heavy atom. The number of nitrogens with two attached hydrogens (primary N) is 1. The summed E-state index contributed by atoms with van der Waals surface area (Å²) in [6.45, 7) is 1.98. The van der Waals surface area contributed by atoms with E-state index in [1.54, 1.807) is 18.2 Å². The standard InChI is InChI=1S/C14H12BrClN2O/c1-8-6-10(3-4-12(8)15)19-13-5-2-9(16)7-11(13)14(17)18/h2-7H,1H3,(H3,17,18). The molecule has 3 nitrogen and oxygen atoms in total. The van der Waals surface area contributed by atoms with Crippen molar-refractivity contribution in [3.63, 3.8) is 0 Å². The fourth-order valence-electron chi connectivity index (χ4n) is 1.61. The summed E-state index contributed by atoms with van der Waals surface area (Å²) >= 11 is 9.33. The lowest BCUT2D eigenvalue weighted by Gasteiger charge is -2.11. The molecule has 0 aromatic heterocycles. The van der Waals surface area contributed by atoms with Crippen LogP contribution in [0.3, 0.4) is 0 Å². The molecule has 3 N–H and O–H groups in total. The molecule has 5 heteroatoms. The molecule has 0 fully saturated rings. The molecule has 0 saturated heterocycles. The van der Waals surface area contributed by atoms with Crippen LogP contribution in [-0.4, -0.2) is 5.84 Å². The van der Waals surface area contributed by atoms with Crippen molar-refractivity contribution < 1.29 is 4.74 Å². The van der Waals surface area contributed by atoms with Crippen LogP contribution in [-0.2, 0) is 0 Å². The minimum atomic E-state index is -0.0775. The van der Waals surface area contributed by atoms with Gasteiger partial charge in [0.25, 0.3) is 0 Å². The second-order valence-electron chi connectivity index (χ2n) is 4.07. The van der Waals surface area contributed by atoms with Gasteiger partial charge in [-0.1, -0.05) is 27.5 Å². The average molecular weight is 340 g/mol. The number of hydrogen-bond donors (Lipinski definition) is 2. The van der Waals surface area contributed by atoms with Crippen LogP contribution >= 0.6 is 27.5 Å². The summed E-state index contributed by atoms with van der Waals surface area (Å²) in [4.78, 5) is 0. The van der Waals surface area contributed by atoms with E-state index in [1.807, 2.05) is 25.1 Å². The van der Waals surface area contributed by atoms with Crippen LogP contribution < -0.4 is 10.5 Å². The minimum absolute atomic E-state index is 0.0775. The third-order valence-electron chi connectivity index (χ3n) is 2.59. The van der Waals surface area contributed by atoms with Crippen LogP contribution in [0, 0.1) is 12.3 Å². The number of halogens is 2. The predicted molar refractivity (Wildman–Crippen MR) is 81.4 cm³/mol. The Morgan fingerprint density at radius 3 is 2.63 bits per heavy atom. The Morgan fingerprint density at radius 2 is 2.00 bits per heavy atom. The molecule has 0 aliphatic carbocycles. The molecule has 2 aromatic carbocycles. The lowest BCUT2D eigenvalue weighted by atomic mass is 10.2. The highest BCUT2D eigenvalue weighted by molar-refractivity contribution is 9.10. The molecule has 0 unspecified atom stereocenters. The molecule has 2 rings (SSSR count). The van der Waals surface area contributed by atoms with Crippen molar-refractivity contribution in [2.24, 2.45) is 5.73 Å². The van der Waals surface area contributed by atoms with E-state index in [4.69, 9.17) is 27.5 Å². The molecule has 0 aliphatic heterocycles. The maximum atomic E-state index is 7.55. The van der Waals surface area contributed by atoms with E-state index in [-0.39, 0.29) is 5.84 Å². The zero-order valence-corrected chi connectivity index (χ0v) is 12.5.